The second-order valence-electron chi connectivity index (χ2n) is 3.88. The lowest BCUT2D eigenvalue weighted by molar-refractivity contribution is 0.215. The Bertz CT molecular complexity index is 647. The van der Waals surface area contributed by atoms with Gasteiger partial charge in [0.05, 0.1) is 5.69 Å². The molecule has 0 aromatic heterocycles. The van der Waals surface area contributed by atoms with Crippen molar-refractivity contribution in [2.75, 3.05) is 5.32 Å². The number of nitrogens with one attached hydrogen (secondary N) is 1. The Morgan fingerprint density at radius 1 is 1.20 bits per heavy atom. The number of carbonyl (C=O) groups is 1. The summed E-state index contributed by atoms with van der Waals surface area (Å²) in [6, 6.07) is 14.0. The number of ether oxygens (including phenoxy) is 1. The van der Waals surface area contributed by atoms with Crippen molar-refractivity contribution in [2.24, 2.45) is 5.73 Å². The zero-order valence-corrected chi connectivity index (χ0v) is 12.7. The van der Waals surface area contributed by atoms with Gasteiger partial charge in [-0.05, 0) is 30.3 Å². The van der Waals surface area contributed by atoms with Crippen LogP contribution in [0.3, 0.4) is 0 Å². The van der Waals surface area contributed by atoms with Gasteiger partial charge in [0.1, 0.15) is 10.7 Å². The number of amides is 1. The maximum Gasteiger partial charge on any atom is 0.417 e. The number of benzene rings is 2. The van der Waals surface area contributed by atoms with Gasteiger partial charge in [0.2, 0.25) is 0 Å². The molecule has 0 aliphatic carbocycles. The quantitative estimate of drug-likeness (QED) is 0.828. The summed E-state index contributed by atoms with van der Waals surface area (Å²) in [5.41, 5.74) is 6.70. The summed E-state index contributed by atoms with van der Waals surface area (Å²) in [6.07, 6.45) is -0.601. The van der Waals surface area contributed by atoms with Gasteiger partial charge in [-0.1, -0.05) is 46.3 Å². The molecule has 0 radical (unpaired) electrons. The van der Waals surface area contributed by atoms with E-state index in [-0.39, 0.29) is 4.99 Å². The van der Waals surface area contributed by atoms with E-state index in [1.54, 1.807) is 42.5 Å². The van der Waals surface area contributed by atoms with Gasteiger partial charge in [0.15, 0.2) is 0 Å². The monoisotopic (exact) mass is 350 g/mol. The Labute approximate surface area is 130 Å². The van der Waals surface area contributed by atoms with Crippen molar-refractivity contribution in [2.45, 2.75) is 0 Å². The summed E-state index contributed by atoms with van der Waals surface area (Å²) in [4.78, 5) is 12.0. The molecule has 4 nitrogen and oxygen atoms in total. The Hall–Kier alpha value is -1.92. The number of thiocarbonyl (C=S) groups is 1. The molecule has 102 valence electrons. The summed E-state index contributed by atoms with van der Waals surface area (Å²) < 4.78 is 5.96. The van der Waals surface area contributed by atoms with Crippen LogP contribution in [0.15, 0.2) is 53.0 Å². The van der Waals surface area contributed by atoms with E-state index in [4.69, 9.17) is 22.7 Å². The predicted molar refractivity (Wildman–Crippen MR) is 86.1 cm³/mol. The first-order valence-corrected chi connectivity index (χ1v) is 6.89. The van der Waals surface area contributed by atoms with E-state index in [2.05, 4.69) is 21.2 Å². The van der Waals surface area contributed by atoms with Crippen LogP contribution in [-0.4, -0.2) is 11.1 Å². The molecule has 0 aliphatic heterocycles. The topological polar surface area (TPSA) is 64.3 Å². The van der Waals surface area contributed by atoms with E-state index >= 15 is 0 Å². The molecule has 0 aliphatic rings. The zero-order chi connectivity index (χ0) is 14.5. The fourth-order valence-electron chi connectivity index (χ4n) is 1.56. The molecule has 0 unspecified atom stereocenters. The predicted octanol–water partition coefficient (Wildman–Crippen LogP) is 3.69. The maximum atomic E-state index is 11.8. The number of carbonyl (C=O) groups excluding carboxylic acids is 1. The van der Waals surface area contributed by atoms with Crippen molar-refractivity contribution in [1.29, 1.82) is 0 Å². The van der Waals surface area contributed by atoms with E-state index in [1.165, 1.54) is 0 Å². The van der Waals surface area contributed by atoms with Gasteiger partial charge in [-0.25, -0.2) is 4.79 Å². The van der Waals surface area contributed by atoms with Crippen LogP contribution in [0.2, 0.25) is 0 Å². The molecule has 6 heteroatoms. The number of rotatable bonds is 3. The molecule has 0 heterocycles. The fraction of sp³-hybridized carbons (Fsp3) is 0. The van der Waals surface area contributed by atoms with Gasteiger partial charge in [0.25, 0.3) is 0 Å². The van der Waals surface area contributed by atoms with Crippen molar-refractivity contribution in [3.05, 3.63) is 58.6 Å². The number of hydrogen-bond donors (Lipinski definition) is 2. The lowest BCUT2D eigenvalue weighted by Gasteiger charge is -2.10. The van der Waals surface area contributed by atoms with Crippen LogP contribution >= 0.6 is 28.1 Å². The van der Waals surface area contributed by atoms with Gasteiger partial charge >= 0.3 is 6.09 Å². The van der Waals surface area contributed by atoms with E-state index in [9.17, 15) is 4.79 Å². The van der Waals surface area contributed by atoms with E-state index in [0.29, 0.717) is 17.0 Å². The lowest BCUT2D eigenvalue weighted by atomic mass is 10.2. The van der Waals surface area contributed by atoms with Crippen molar-refractivity contribution < 1.29 is 9.53 Å². The first-order chi connectivity index (χ1) is 9.56. The lowest BCUT2D eigenvalue weighted by Crippen LogP contribution is -2.20. The molecule has 2 aromatic rings. The van der Waals surface area contributed by atoms with Crippen LogP contribution < -0.4 is 15.8 Å². The van der Waals surface area contributed by atoms with Gasteiger partial charge in [-0.3, -0.25) is 5.32 Å². The van der Waals surface area contributed by atoms with Crippen LogP contribution in [0, 0.1) is 0 Å². The van der Waals surface area contributed by atoms with Crippen LogP contribution in [0.5, 0.6) is 5.75 Å². The Balaban J connectivity index is 2.14. The number of nitrogens with two attached hydrogens (primary N) is 1. The van der Waals surface area contributed by atoms with E-state index in [0.717, 1.165) is 4.47 Å². The summed E-state index contributed by atoms with van der Waals surface area (Å²) in [6.45, 7) is 0. The highest BCUT2D eigenvalue weighted by Crippen LogP contribution is 2.21. The summed E-state index contributed by atoms with van der Waals surface area (Å²) >= 11 is 8.28. The average Bonchev–Trinajstić information content (AvgIpc) is 2.41. The maximum absolute atomic E-state index is 11.8. The van der Waals surface area contributed by atoms with Crippen LogP contribution in [0.1, 0.15) is 5.56 Å². The average molecular weight is 351 g/mol. The molecule has 2 rings (SSSR count). The van der Waals surface area contributed by atoms with Crippen molar-refractivity contribution in [3.63, 3.8) is 0 Å². The van der Waals surface area contributed by atoms with Gasteiger partial charge in [-0.15, -0.1) is 0 Å². The molecule has 1 amide bonds. The minimum atomic E-state index is -0.601. The number of para-hydroxylation sites is 1. The van der Waals surface area contributed by atoms with E-state index < -0.39 is 6.09 Å². The second kappa shape index (κ2) is 6.49. The van der Waals surface area contributed by atoms with Gasteiger partial charge in [0, 0.05) is 10.0 Å². The van der Waals surface area contributed by atoms with Crippen LogP contribution in [0.4, 0.5) is 10.5 Å². The van der Waals surface area contributed by atoms with Gasteiger partial charge in [-0.2, -0.15) is 0 Å². The molecule has 0 saturated carbocycles. The zero-order valence-electron chi connectivity index (χ0n) is 10.3. The van der Waals surface area contributed by atoms with Crippen LogP contribution in [-0.2, 0) is 0 Å². The molecule has 0 atom stereocenters. The molecule has 0 bridgehead atoms. The smallest absolute Gasteiger partial charge is 0.410 e. The summed E-state index contributed by atoms with van der Waals surface area (Å²) in [5.74, 6) is 0.457. The minimum absolute atomic E-state index is 0.196. The Morgan fingerprint density at radius 2 is 1.90 bits per heavy atom. The molecule has 0 saturated heterocycles. The standard InChI is InChI=1S/C14H11BrN2O2S/c15-9-6-7-12(11(8-9)13(16)20)17-14(18)19-10-4-2-1-3-5-10/h1-8H,(H2,16,20)(H,17,18). The first kappa shape index (κ1) is 14.5. The van der Waals surface area contributed by atoms with Crippen molar-refractivity contribution in [3.8, 4) is 5.75 Å². The molecule has 0 fully saturated rings. The molecule has 2 aromatic carbocycles. The highest BCUT2D eigenvalue weighted by Gasteiger charge is 2.10. The molecule has 3 N–H and O–H groups in total. The van der Waals surface area contributed by atoms with Crippen LogP contribution in [0.25, 0.3) is 0 Å². The largest absolute Gasteiger partial charge is 0.417 e. The fourth-order valence-corrected chi connectivity index (χ4v) is 2.09. The summed E-state index contributed by atoms with van der Waals surface area (Å²) in [5, 5.41) is 2.62. The highest BCUT2D eigenvalue weighted by atomic mass is 79.9. The summed E-state index contributed by atoms with van der Waals surface area (Å²) in [7, 11) is 0. The molecule has 20 heavy (non-hydrogen) atoms. The van der Waals surface area contributed by atoms with Crippen molar-refractivity contribution in [1.82, 2.24) is 0 Å². The number of halogens is 1. The number of hydrogen-bond acceptors (Lipinski definition) is 3. The van der Waals surface area contributed by atoms with E-state index in [1.807, 2.05) is 6.07 Å². The van der Waals surface area contributed by atoms with Gasteiger partial charge < -0.3 is 10.5 Å². The molecular formula is C14H11BrN2O2S. The Kier molecular flexibility index (Phi) is 4.70. The highest BCUT2D eigenvalue weighted by molar-refractivity contribution is 9.10. The third kappa shape index (κ3) is 3.79. The second-order valence-corrected chi connectivity index (χ2v) is 5.24. The molecular weight excluding hydrogens is 340 g/mol. The number of anilines is 1. The first-order valence-electron chi connectivity index (χ1n) is 5.69. The minimum Gasteiger partial charge on any atom is -0.410 e. The molecule has 0 spiro atoms. The normalized spacial score (nSPS) is 9.85. The van der Waals surface area contributed by atoms with Crippen molar-refractivity contribution >= 4 is 44.9 Å². The Morgan fingerprint density at radius 3 is 2.55 bits per heavy atom. The SMILES string of the molecule is NC(=S)c1cc(Br)ccc1NC(=O)Oc1ccccc1. The third-order valence-corrected chi connectivity index (χ3v) is 3.15. The third-order valence-electron chi connectivity index (χ3n) is 2.44.